The van der Waals surface area contributed by atoms with Crippen molar-refractivity contribution in [3.63, 3.8) is 0 Å². The molecule has 2 amide bonds. The number of aryl methyl sites for hydroxylation is 1. The van der Waals surface area contributed by atoms with Gasteiger partial charge >= 0.3 is 6.18 Å². The summed E-state index contributed by atoms with van der Waals surface area (Å²) in [7, 11) is 0. The molecule has 0 spiro atoms. The van der Waals surface area contributed by atoms with Gasteiger partial charge in [0.25, 0.3) is 11.8 Å². The van der Waals surface area contributed by atoms with Crippen LogP contribution >= 0.6 is 0 Å². The highest BCUT2D eigenvalue weighted by Crippen LogP contribution is 2.29. The molecule has 1 atom stereocenters. The Balaban J connectivity index is 1.21. The van der Waals surface area contributed by atoms with Crippen molar-refractivity contribution in [2.24, 2.45) is 0 Å². The number of amides is 2. The van der Waals surface area contributed by atoms with Crippen molar-refractivity contribution < 1.29 is 32.3 Å². The predicted molar refractivity (Wildman–Crippen MR) is 129 cm³/mol. The van der Waals surface area contributed by atoms with Gasteiger partial charge in [-0.15, -0.1) is 10.2 Å². The summed E-state index contributed by atoms with van der Waals surface area (Å²) >= 11 is 0. The Morgan fingerprint density at radius 3 is 2.33 bits per heavy atom. The van der Waals surface area contributed by atoms with Gasteiger partial charge in [-0.1, -0.05) is 22.6 Å². The monoisotopic (exact) mass is 561 g/mol. The second kappa shape index (κ2) is 12.3. The Hall–Kier alpha value is -4.89. The molecule has 3 aromatic heterocycles. The molecule has 0 aliphatic carbocycles. The molecule has 1 aromatic carbocycles. The van der Waals surface area contributed by atoms with Crippen LogP contribution in [0.2, 0.25) is 0 Å². The summed E-state index contributed by atoms with van der Waals surface area (Å²) in [6.07, 6.45) is -2.36. The number of rotatable bonds is 11. The number of phenolic OH excluding ortho intramolecular Hbond substituents is 1. The molecule has 1 unspecified atom stereocenters. The molecule has 0 aliphatic rings. The minimum absolute atomic E-state index is 0.00365. The van der Waals surface area contributed by atoms with Crippen LogP contribution in [-0.4, -0.2) is 58.1 Å². The van der Waals surface area contributed by atoms with E-state index in [0.29, 0.717) is 5.56 Å². The number of aromatic nitrogens is 7. The van der Waals surface area contributed by atoms with E-state index in [1.165, 1.54) is 29.2 Å². The highest BCUT2D eigenvalue weighted by molar-refractivity contribution is 5.92. The van der Waals surface area contributed by atoms with E-state index >= 15 is 0 Å². The number of pyridine rings is 1. The third kappa shape index (κ3) is 7.81. The van der Waals surface area contributed by atoms with Gasteiger partial charge in [0.15, 0.2) is 11.4 Å². The van der Waals surface area contributed by atoms with E-state index in [2.05, 4.69) is 36.2 Å². The van der Waals surface area contributed by atoms with E-state index in [0.717, 1.165) is 23.0 Å². The van der Waals surface area contributed by atoms with Gasteiger partial charge < -0.3 is 15.7 Å². The fourth-order valence-corrected chi connectivity index (χ4v) is 3.52. The number of nitrogens with one attached hydrogen (secondary N) is 2. The highest BCUT2D eigenvalue weighted by atomic mass is 19.4. The summed E-state index contributed by atoms with van der Waals surface area (Å²) in [6, 6.07) is 8.07. The van der Waals surface area contributed by atoms with Gasteiger partial charge in [0.2, 0.25) is 0 Å². The number of halogens is 4. The number of aromatic hydroxyl groups is 1. The zero-order valence-corrected chi connectivity index (χ0v) is 20.7. The number of carbonyl (C=O) groups excluding carboxylic acids is 2. The fraction of sp³-hybridized carbons (Fsp3) is 0.292. The lowest BCUT2D eigenvalue weighted by Gasteiger charge is -2.08. The first-order chi connectivity index (χ1) is 19.1. The van der Waals surface area contributed by atoms with E-state index < -0.39 is 29.7 Å². The van der Waals surface area contributed by atoms with E-state index in [1.807, 2.05) is 0 Å². The maximum atomic E-state index is 14.5. The van der Waals surface area contributed by atoms with Crippen LogP contribution in [0.4, 0.5) is 17.6 Å². The van der Waals surface area contributed by atoms with Gasteiger partial charge in [-0.25, -0.2) is 9.07 Å². The smallest absolute Gasteiger partial charge is 0.416 e. The van der Waals surface area contributed by atoms with E-state index in [9.17, 15) is 32.3 Å². The molecule has 0 fully saturated rings. The van der Waals surface area contributed by atoms with Crippen molar-refractivity contribution in [1.29, 1.82) is 0 Å². The SMILES string of the molecule is O=C(NCc1cccc(O)c1)c1cn(CCC(F)Cn2cc(C(=O)NCc3cc(C(F)(F)F)ccn3)nn2)nn1. The van der Waals surface area contributed by atoms with Gasteiger partial charge in [0.1, 0.15) is 11.9 Å². The molecular weight excluding hydrogens is 538 g/mol. The minimum atomic E-state index is -4.53. The Labute approximate surface area is 224 Å². The lowest BCUT2D eigenvalue weighted by molar-refractivity contribution is -0.137. The van der Waals surface area contributed by atoms with E-state index in [4.69, 9.17) is 0 Å². The number of nitrogens with zero attached hydrogens (tertiary/aromatic N) is 7. The van der Waals surface area contributed by atoms with E-state index in [1.54, 1.807) is 12.1 Å². The number of carbonyl (C=O) groups is 2. The highest BCUT2D eigenvalue weighted by Gasteiger charge is 2.30. The lowest BCUT2D eigenvalue weighted by Crippen LogP contribution is -2.24. The summed E-state index contributed by atoms with van der Waals surface area (Å²) in [5.41, 5.74) is -0.284. The van der Waals surface area contributed by atoms with Crippen LogP contribution in [0.15, 0.2) is 55.0 Å². The Bertz CT molecular complexity index is 1470. The average molecular weight is 562 g/mol. The summed E-state index contributed by atoms with van der Waals surface area (Å²) in [4.78, 5) is 28.3. The predicted octanol–water partition coefficient (Wildman–Crippen LogP) is 2.28. The normalized spacial score (nSPS) is 12.2. The Kier molecular flexibility index (Phi) is 8.66. The zero-order valence-electron chi connectivity index (χ0n) is 20.7. The molecule has 0 bridgehead atoms. The Morgan fingerprint density at radius 2 is 1.62 bits per heavy atom. The maximum absolute atomic E-state index is 14.5. The molecule has 4 aromatic rings. The largest absolute Gasteiger partial charge is 0.508 e. The molecule has 0 radical (unpaired) electrons. The third-order valence-corrected chi connectivity index (χ3v) is 5.54. The van der Waals surface area contributed by atoms with Crippen molar-refractivity contribution in [2.75, 3.05) is 0 Å². The van der Waals surface area contributed by atoms with Crippen molar-refractivity contribution in [3.05, 3.63) is 83.2 Å². The van der Waals surface area contributed by atoms with Gasteiger partial charge in [0, 0.05) is 25.7 Å². The van der Waals surface area contributed by atoms with Crippen LogP contribution in [0.5, 0.6) is 5.75 Å². The summed E-state index contributed by atoms with van der Waals surface area (Å²) in [5.74, 6) is -1.11. The molecule has 210 valence electrons. The van der Waals surface area contributed by atoms with Crippen LogP contribution in [0.3, 0.4) is 0 Å². The number of hydrogen-bond donors (Lipinski definition) is 3. The number of phenols is 1. The van der Waals surface area contributed by atoms with Crippen molar-refractivity contribution >= 4 is 11.8 Å². The van der Waals surface area contributed by atoms with Gasteiger partial charge in [-0.3, -0.25) is 19.3 Å². The van der Waals surface area contributed by atoms with Crippen LogP contribution in [0.1, 0.15) is 44.2 Å². The van der Waals surface area contributed by atoms with Crippen LogP contribution < -0.4 is 10.6 Å². The molecule has 0 aliphatic heterocycles. The molecule has 16 heteroatoms. The van der Waals surface area contributed by atoms with Gasteiger partial charge in [-0.05, 0) is 29.8 Å². The zero-order chi connectivity index (χ0) is 28.7. The standard InChI is InChI=1S/C24H23F4N9O3/c25-17(5-7-36-13-20(32-34-36)22(39)30-10-15-2-1-3-19(38)8-15)12-37-14-21(33-35-37)23(40)31-11-18-9-16(4-6-29-18)24(26,27)28/h1-4,6,8-9,13-14,17,38H,5,7,10-12H2,(H,30,39)(H,31,40). The second-order valence-electron chi connectivity index (χ2n) is 8.65. The summed E-state index contributed by atoms with van der Waals surface area (Å²) < 4.78 is 55.4. The fourth-order valence-electron chi connectivity index (χ4n) is 3.52. The molecule has 4 rings (SSSR count). The maximum Gasteiger partial charge on any atom is 0.416 e. The summed E-state index contributed by atoms with van der Waals surface area (Å²) in [5, 5.41) is 29.5. The first kappa shape index (κ1) is 28.1. The number of alkyl halides is 4. The van der Waals surface area contributed by atoms with Crippen LogP contribution in [0, 0.1) is 0 Å². The number of hydrogen-bond acceptors (Lipinski definition) is 8. The molecule has 12 nitrogen and oxygen atoms in total. The topological polar surface area (TPSA) is 153 Å². The molecule has 40 heavy (non-hydrogen) atoms. The van der Waals surface area contributed by atoms with Crippen molar-refractivity contribution in [2.45, 2.75) is 44.9 Å². The summed E-state index contributed by atoms with van der Waals surface area (Å²) in [6.45, 7) is -0.205. The van der Waals surface area contributed by atoms with Crippen LogP contribution in [-0.2, 0) is 32.4 Å². The van der Waals surface area contributed by atoms with Crippen molar-refractivity contribution in [1.82, 2.24) is 45.6 Å². The van der Waals surface area contributed by atoms with Gasteiger partial charge in [-0.2, -0.15) is 13.2 Å². The van der Waals surface area contributed by atoms with E-state index in [-0.39, 0.29) is 55.4 Å². The molecule has 0 saturated carbocycles. The molecule has 0 saturated heterocycles. The molecule has 3 heterocycles. The van der Waals surface area contributed by atoms with Gasteiger partial charge in [0.05, 0.1) is 36.7 Å². The Morgan fingerprint density at radius 1 is 0.950 bits per heavy atom. The lowest BCUT2D eigenvalue weighted by atomic mass is 10.2. The van der Waals surface area contributed by atoms with Crippen LogP contribution in [0.25, 0.3) is 0 Å². The third-order valence-electron chi connectivity index (χ3n) is 5.54. The van der Waals surface area contributed by atoms with Crippen molar-refractivity contribution in [3.8, 4) is 5.75 Å². The first-order valence-electron chi connectivity index (χ1n) is 11.9. The number of benzene rings is 1. The average Bonchev–Trinajstić information content (AvgIpc) is 3.59. The molecular formula is C24H23F4N9O3. The first-order valence-corrected chi connectivity index (χ1v) is 11.9. The quantitative estimate of drug-likeness (QED) is 0.236. The second-order valence-corrected chi connectivity index (χ2v) is 8.65. The molecule has 3 N–H and O–H groups in total. The minimum Gasteiger partial charge on any atom is -0.508 e.